The topological polar surface area (TPSA) is 26.0 Å². The first-order valence-corrected chi connectivity index (χ1v) is 5.61. The summed E-state index contributed by atoms with van der Waals surface area (Å²) < 4.78 is 75.7. The van der Waals surface area contributed by atoms with Crippen molar-refractivity contribution in [3.63, 3.8) is 0 Å². The van der Waals surface area contributed by atoms with Gasteiger partial charge in [-0.2, -0.15) is 26.3 Å². The molecule has 0 heterocycles. The fourth-order valence-corrected chi connectivity index (χ4v) is 1.77. The minimum absolute atomic E-state index is 0.116. The Balaban J connectivity index is 3.33. The lowest BCUT2D eigenvalue weighted by molar-refractivity contribution is -0.143. The Bertz CT molecular complexity index is 435. The van der Waals surface area contributed by atoms with E-state index >= 15 is 0 Å². The second kappa shape index (κ2) is 5.40. The Hall–Kier alpha value is -1.24. The van der Waals surface area contributed by atoms with Crippen LogP contribution in [0.4, 0.5) is 26.3 Å². The predicted octanol–water partition coefficient (Wildman–Crippen LogP) is 4.52. The lowest BCUT2D eigenvalue weighted by atomic mass is 9.95. The number of nitrogens with two attached hydrogens (primary N) is 1. The zero-order valence-corrected chi connectivity index (χ0v) is 10.1. The van der Waals surface area contributed by atoms with Gasteiger partial charge in [0.1, 0.15) is 0 Å². The van der Waals surface area contributed by atoms with Crippen molar-refractivity contribution in [2.45, 2.75) is 38.2 Å². The zero-order chi connectivity index (χ0) is 14.8. The smallest absolute Gasteiger partial charge is 0.324 e. The minimum Gasteiger partial charge on any atom is -0.324 e. The molecule has 0 aliphatic rings. The molecule has 0 fully saturated rings. The highest BCUT2D eigenvalue weighted by Gasteiger charge is 2.38. The van der Waals surface area contributed by atoms with Gasteiger partial charge < -0.3 is 5.73 Å². The number of benzene rings is 1. The van der Waals surface area contributed by atoms with Gasteiger partial charge in [0.25, 0.3) is 0 Å². The van der Waals surface area contributed by atoms with E-state index in [1.165, 1.54) is 0 Å². The van der Waals surface area contributed by atoms with Crippen LogP contribution in [0.3, 0.4) is 0 Å². The highest BCUT2D eigenvalue weighted by Crippen LogP contribution is 2.39. The van der Waals surface area contributed by atoms with Crippen molar-refractivity contribution in [2.24, 2.45) is 5.73 Å². The molecule has 108 valence electrons. The number of hydrogen-bond acceptors (Lipinski definition) is 1. The van der Waals surface area contributed by atoms with Crippen LogP contribution in [0.2, 0.25) is 0 Å². The highest BCUT2D eigenvalue weighted by atomic mass is 19.4. The lowest BCUT2D eigenvalue weighted by Crippen LogP contribution is -2.19. The molecule has 0 spiro atoms. The third kappa shape index (κ3) is 3.86. The van der Waals surface area contributed by atoms with Crippen molar-refractivity contribution in [2.75, 3.05) is 0 Å². The molecule has 7 heteroatoms. The first-order chi connectivity index (χ1) is 8.57. The molecule has 1 aromatic rings. The van der Waals surface area contributed by atoms with Crippen molar-refractivity contribution in [3.05, 3.63) is 34.9 Å². The van der Waals surface area contributed by atoms with Crippen LogP contribution in [-0.2, 0) is 12.4 Å². The molecule has 0 saturated carbocycles. The summed E-state index contributed by atoms with van der Waals surface area (Å²) in [4.78, 5) is 0. The molecule has 0 unspecified atom stereocenters. The van der Waals surface area contributed by atoms with Gasteiger partial charge in [0.15, 0.2) is 0 Å². The van der Waals surface area contributed by atoms with Crippen LogP contribution in [0, 0.1) is 0 Å². The molecule has 1 aromatic carbocycles. The number of alkyl halides is 6. The van der Waals surface area contributed by atoms with Crippen LogP contribution in [0.5, 0.6) is 0 Å². The number of rotatable bonds is 3. The summed E-state index contributed by atoms with van der Waals surface area (Å²) in [6, 6.07) is 0.626. The quantitative estimate of drug-likeness (QED) is 0.812. The van der Waals surface area contributed by atoms with Gasteiger partial charge in [-0.15, -0.1) is 0 Å². The molecule has 1 nitrogen and oxygen atoms in total. The Kier molecular flexibility index (Phi) is 4.50. The summed E-state index contributed by atoms with van der Waals surface area (Å²) in [6.45, 7) is 1.73. The van der Waals surface area contributed by atoms with Crippen molar-refractivity contribution < 1.29 is 26.3 Å². The van der Waals surface area contributed by atoms with E-state index in [-0.39, 0.29) is 18.1 Å². The molecular weight excluding hydrogens is 272 g/mol. The van der Waals surface area contributed by atoms with Gasteiger partial charge in [0, 0.05) is 6.04 Å². The van der Waals surface area contributed by atoms with E-state index in [4.69, 9.17) is 5.73 Å². The van der Waals surface area contributed by atoms with E-state index in [0.717, 1.165) is 6.07 Å². The highest BCUT2D eigenvalue weighted by molar-refractivity contribution is 5.37. The molecule has 0 amide bonds. The van der Waals surface area contributed by atoms with E-state index in [9.17, 15) is 26.3 Å². The fraction of sp³-hybridized carbons (Fsp3) is 0.500. The van der Waals surface area contributed by atoms with Crippen LogP contribution in [0.25, 0.3) is 0 Å². The molecule has 1 rings (SSSR count). The molecule has 1 atom stereocenters. The van der Waals surface area contributed by atoms with Crippen molar-refractivity contribution in [1.29, 1.82) is 0 Å². The maximum absolute atomic E-state index is 12.8. The summed E-state index contributed by atoms with van der Waals surface area (Å²) >= 11 is 0. The van der Waals surface area contributed by atoms with Gasteiger partial charge in [-0.05, 0) is 24.1 Å². The average Bonchev–Trinajstić information content (AvgIpc) is 2.26. The van der Waals surface area contributed by atoms with Crippen molar-refractivity contribution >= 4 is 0 Å². The Morgan fingerprint density at radius 3 is 2.05 bits per heavy atom. The standard InChI is InChI=1S/C12H13F6N/c1-2-3-10(19)8-5-4-7(11(13,14)15)6-9(8)12(16,17)18/h4-6,10H,2-3,19H2,1H3/t10-/m0/s1. The third-order valence-corrected chi connectivity index (χ3v) is 2.69. The molecule has 0 radical (unpaired) electrons. The SMILES string of the molecule is CCC[C@H](N)c1ccc(C(F)(F)F)cc1C(F)(F)F. The molecule has 19 heavy (non-hydrogen) atoms. The maximum Gasteiger partial charge on any atom is 0.416 e. The first-order valence-electron chi connectivity index (χ1n) is 5.61. The second-order valence-corrected chi connectivity index (χ2v) is 4.19. The summed E-state index contributed by atoms with van der Waals surface area (Å²) in [5.41, 5.74) is 2.63. The summed E-state index contributed by atoms with van der Waals surface area (Å²) in [5.74, 6) is 0. The van der Waals surface area contributed by atoms with Crippen LogP contribution in [0.15, 0.2) is 18.2 Å². The van der Waals surface area contributed by atoms with E-state index in [0.29, 0.717) is 12.5 Å². The van der Waals surface area contributed by atoms with Gasteiger partial charge in [0.2, 0.25) is 0 Å². The minimum atomic E-state index is -4.86. The number of hydrogen-bond donors (Lipinski definition) is 1. The van der Waals surface area contributed by atoms with Gasteiger partial charge in [0.05, 0.1) is 11.1 Å². The first kappa shape index (κ1) is 15.8. The Morgan fingerprint density at radius 1 is 1.05 bits per heavy atom. The van der Waals surface area contributed by atoms with Crippen LogP contribution < -0.4 is 5.73 Å². The van der Waals surface area contributed by atoms with E-state index < -0.39 is 29.5 Å². The van der Waals surface area contributed by atoms with Crippen molar-refractivity contribution in [3.8, 4) is 0 Å². The molecule has 0 saturated heterocycles. The van der Waals surface area contributed by atoms with Crippen LogP contribution >= 0.6 is 0 Å². The average molecular weight is 285 g/mol. The van der Waals surface area contributed by atoms with E-state index in [1.54, 1.807) is 6.92 Å². The third-order valence-electron chi connectivity index (χ3n) is 2.69. The molecule has 0 bridgehead atoms. The van der Waals surface area contributed by atoms with Crippen LogP contribution in [-0.4, -0.2) is 0 Å². The van der Waals surface area contributed by atoms with Gasteiger partial charge in [-0.25, -0.2) is 0 Å². The van der Waals surface area contributed by atoms with Crippen LogP contribution in [0.1, 0.15) is 42.5 Å². The predicted molar refractivity (Wildman–Crippen MR) is 58.3 cm³/mol. The Morgan fingerprint density at radius 2 is 1.63 bits per heavy atom. The molecular formula is C12H13F6N. The lowest BCUT2D eigenvalue weighted by Gasteiger charge is -2.19. The van der Waals surface area contributed by atoms with Gasteiger partial charge >= 0.3 is 12.4 Å². The molecule has 0 aliphatic heterocycles. The van der Waals surface area contributed by atoms with E-state index in [1.807, 2.05) is 0 Å². The molecule has 0 aliphatic carbocycles. The molecule has 0 aromatic heterocycles. The van der Waals surface area contributed by atoms with Gasteiger partial charge in [-0.3, -0.25) is 0 Å². The number of halogens is 6. The summed E-state index contributed by atoms with van der Waals surface area (Å²) in [6.07, 6.45) is -8.86. The Labute approximate surface area is 106 Å². The van der Waals surface area contributed by atoms with Crippen molar-refractivity contribution in [1.82, 2.24) is 0 Å². The monoisotopic (exact) mass is 285 g/mol. The van der Waals surface area contributed by atoms with E-state index in [2.05, 4.69) is 0 Å². The zero-order valence-electron chi connectivity index (χ0n) is 10.1. The maximum atomic E-state index is 12.8. The normalized spacial score (nSPS) is 14.5. The summed E-state index contributed by atoms with van der Waals surface area (Å²) in [7, 11) is 0. The fourth-order valence-electron chi connectivity index (χ4n) is 1.77. The summed E-state index contributed by atoms with van der Waals surface area (Å²) in [5, 5.41) is 0. The second-order valence-electron chi connectivity index (χ2n) is 4.19. The van der Waals surface area contributed by atoms with Gasteiger partial charge in [-0.1, -0.05) is 19.4 Å². The molecule has 2 N–H and O–H groups in total. The largest absolute Gasteiger partial charge is 0.416 e.